The third-order valence-electron chi connectivity index (χ3n) is 4.40. The maximum absolute atomic E-state index is 12.1. The summed E-state index contributed by atoms with van der Waals surface area (Å²) in [7, 11) is 1.63. The second kappa shape index (κ2) is 7.88. The highest BCUT2D eigenvalue weighted by Crippen LogP contribution is 2.19. The Kier molecular flexibility index (Phi) is 5.39. The number of hydrogen-bond acceptors (Lipinski definition) is 2. The van der Waals surface area contributed by atoms with Gasteiger partial charge in [0, 0.05) is 24.3 Å². The lowest BCUT2D eigenvalue weighted by atomic mass is 10.1. The monoisotopic (exact) mass is 336 g/mol. The molecule has 2 aromatic carbocycles. The summed E-state index contributed by atoms with van der Waals surface area (Å²) in [5.74, 6) is 0.822. The van der Waals surface area contributed by atoms with E-state index in [1.807, 2.05) is 24.3 Å². The number of hydrogen-bond donors (Lipinski definition) is 1. The van der Waals surface area contributed by atoms with Gasteiger partial charge in [-0.2, -0.15) is 0 Å². The average molecular weight is 336 g/mol. The van der Waals surface area contributed by atoms with Crippen molar-refractivity contribution >= 4 is 16.8 Å². The van der Waals surface area contributed by atoms with Crippen LogP contribution in [0.4, 0.5) is 0 Å². The van der Waals surface area contributed by atoms with Gasteiger partial charge in [-0.3, -0.25) is 4.79 Å². The number of aryl methyl sites for hydroxylation is 2. The molecule has 0 aliphatic rings. The molecule has 3 rings (SSSR count). The van der Waals surface area contributed by atoms with Gasteiger partial charge in [0.1, 0.15) is 5.75 Å². The normalized spacial score (nSPS) is 10.8. The highest BCUT2D eigenvalue weighted by molar-refractivity contribution is 5.81. The molecule has 0 atom stereocenters. The van der Waals surface area contributed by atoms with Gasteiger partial charge in [0.15, 0.2) is 0 Å². The summed E-state index contributed by atoms with van der Waals surface area (Å²) in [6.07, 6.45) is 1.28. The van der Waals surface area contributed by atoms with Crippen LogP contribution in [0.15, 0.2) is 54.6 Å². The predicted octanol–water partition coefficient (Wildman–Crippen LogP) is 3.71. The van der Waals surface area contributed by atoms with E-state index in [9.17, 15) is 4.79 Å². The zero-order chi connectivity index (χ0) is 17.6. The van der Waals surface area contributed by atoms with Gasteiger partial charge in [0.25, 0.3) is 0 Å². The minimum absolute atomic E-state index is 0.0438. The van der Waals surface area contributed by atoms with Gasteiger partial charge < -0.3 is 14.6 Å². The molecule has 0 aliphatic heterocycles. The van der Waals surface area contributed by atoms with Gasteiger partial charge in [0.05, 0.1) is 13.5 Å². The molecule has 0 radical (unpaired) electrons. The van der Waals surface area contributed by atoms with Gasteiger partial charge in [-0.1, -0.05) is 30.3 Å². The van der Waals surface area contributed by atoms with Crippen LogP contribution >= 0.6 is 0 Å². The van der Waals surface area contributed by atoms with Gasteiger partial charge in [-0.15, -0.1) is 0 Å². The summed E-state index contributed by atoms with van der Waals surface area (Å²) < 4.78 is 7.50. The SMILES string of the molecule is COc1cccc(CC(=O)NCCCn2c(C)cc3ccccc32)c1. The first kappa shape index (κ1) is 17.1. The van der Waals surface area contributed by atoms with Crippen molar-refractivity contribution in [1.82, 2.24) is 9.88 Å². The Bertz CT molecular complexity index is 867. The number of amides is 1. The summed E-state index contributed by atoms with van der Waals surface area (Å²) in [5.41, 5.74) is 3.47. The molecule has 0 bridgehead atoms. The van der Waals surface area contributed by atoms with Crippen LogP contribution in [0.5, 0.6) is 5.75 Å². The van der Waals surface area contributed by atoms with Crippen molar-refractivity contribution in [2.75, 3.05) is 13.7 Å². The smallest absolute Gasteiger partial charge is 0.224 e. The lowest BCUT2D eigenvalue weighted by Gasteiger charge is -2.10. The molecule has 25 heavy (non-hydrogen) atoms. The quantitative estimate of drug-likeness (QED) is 0.669. The molecule has 0 fully saturated rings. The van der Waals surface area contributed by atoms with E-state index in [1.54, 1.807) is 7.11 Å². The van der Waals surface area contributed by atoms with E-state index in [4.69, 9.17) is 4.74 Å². The number of aromatic nitrogens is 1. The molecular formula is C21H24N2O2. The summed E-state index contributed by atoms with van der Waals surface area (Å²) in [4.78, 5) is 12.1. The number of nitrogens with zero attached hydrogens (tertiary/aromatic N) is 1. The molecule has 0 unspecified atom stereocenters. The fraction of sp³-hybridized carbons (Fsp3) is 0.286. The molecule has 130 valence electrons. The maximum Gasteiger partial charge on any atom is 0.224 e. The van der Waals surface area contributed by atoms with Crippen molar-refractivity contribution in [3.63, 3.8) is 0 Å². The largest absolute Gasteiger partial charge is 0.497 e. The molecule has 3 aromatic rings. The number of carbonyl (C=O) groups excluding carboxylic acids is 1. The third-order valence-corrected chi connectivity index (χ3v) is 4.40. The van der Waals surface area contributed by atoms with E-state index < -0.39 is 0 Å². The van der Waals surface area contributed by atoms with E-state index in [1.165, 1.54) is 16.6 Å². The Hall–Kier alpha value is -2.75. The van der Waals surface area contributed by atoms with Crippen LogP contribution in [-0.2, 0) is 17.8 Å². The van der Waals surface area contributed by atoms with E-state index >= 15 is 0 Å². The van der Waals surface area contributed by atoms with E-state index in [-0.39, 0.29) is 5.91 Å². The highest BCUT2D eigenvalue weighted by atomic mass is 16.5. The predicted molar refractivity (Wildman–Crippen MR) is 101 cm³/mol. The molecule has 1 aromatic heterocycles. The third kappa shape index (κ3) is 4.21. The van der Waals surface area contributed by atoms with Gasteiger partial charge >= 0.3 is 0 Å². The minimum atomic E-state index is 0.0438. The number of benzene rings is 2. The number of fused-ring (bicyclic) bond motifs is 1. The van der Waals surface area contributed by atoms with Gasteiger partial charge in [-0.05, 0) is 48.6 Å². The molecule has 1 heterocycles. The number of methoxy groups -OCH3 is 1. The number of nitrogens with one attached hydrogen (secondary N) is 1. The van der Waals surface area contributed by atoms with Gasteiger partial charge in [0.2, 0.25) is 5.91 Å². The zero-order valence-electron chi connectivity index (χ0n) is 14.8. The molecule has 4 nitrogen and oxygen atoms in total. The minimum Gasteiger partial charge on any atom is -0.497 e. The van der Waals surface area contributed by atoms with E-state index in [0.717, 1.165) is 24.3 Å². The van der Waals surface area contributed by atoms with Crippen LogP contribution in [0, 0.1) is 6.92 Å². The van der Waals surface area contributed by atoms with Crippen LogP contribution in [0.25, 0.3) is 10.9 Å². The number of rotatable bonds is 7. The fourth-order valence-electron chi connectivity index (χ4n) is 3.14. The fourth-order valence-corrected chi connectivity index (χ4v) is 3.14. The van der Waals surface area contributed by atoms with Crippen LogP contribution in [-0.4, -0.2) is 24.1 Å². The van der Waals surface area contributed by atoms with E-state index in [2.05, 4.69) is 47.1 Å². The molecule has 1 amide bonds. The Labute approximate surface area is 148 Å². The lowest BCUT2D eigenvalue weighted by molar-refractivity contribution is -0.120. The molecule has 4 heteroatoms. The number of para-hydroxylation sites is 1. The molecule has 1 N–H and O–H groups in total. The topological polar surface area (TPSA) is 43.3 Å². The van der Waals surface area contributed by atoms with Crippen molar-refractivity contribution in [1.29, 1.82) is 0 Å². The van der Waals surface area contributed by atoms with Crippen molar-refractivity contribution in [3.8, 4) is 5.75 Å². The molecule has 0 saturated heterocycles. The first-order valence-corrected chi connectivity index (χ1v) is 8.62. The highest BCUT2D eigenvalue weighted by Gasteiger charge is 2.06. The summed E-state index contributed by atoms with van der Waals surface area (Å²) in [6, 6.07) is 18.2. The Morgan fingerprint density at radius 1 is 1.12 bits per heavy atom. The van der Waals surface area contributed by atoms with Crippen LogP contribution in [0.2, 0.25) is 0 Å². The average Bonchev–Trinajstić information content (AvgIpc) is 2.94. The summed E-state index contributed by atoms with van der Waals surface area (Å²) >= 11 is 0. The number of ether oxygens (including phenoxy) is 1. The van der Waals surface area contributed by atoms with E-state index in [0.29, 0.717) is 13.0 Å². The lowest BCUT2D eigenvalue weighted by Crippen LogP contribution is -2.26. The van der Waals surface area contributed by atoms with Crippen LogP contribution < -0.4 is 10.1 Å². The first-order chi connectivity index (χ1) is 12.2. The molecular weight excluding hydrogens is 312 g/mol. The summed E-state index contributed by atoms with van der Waals surface area (Å²) in [6.45, 7) is 3.70. The number of carbonyl (C=O) groups is 1. The van der Waals surface area contributed by atoms with Crippen molar-refractivity contribution in [2.24, 2.45) is 0 Å². The molecule has 0 spiro atoms. The van der Waals surface area contributed by atoms with Crippen LogP contribution in [0.3, 0.4) is 0 Å². The maximum atomic E-state index is 12.1. The first-order valence-electron chi connectivity index (χ1n) is 8.62. The summed E-state index contributed by atoms with van der Waals surface area (Å²) in [5, 5.41) is 4.27. The Morgan fingerprint density at radius 3 is 2.80 bits per heavy atom. The van der Waals surface area contributed by atoms with Crippen molar-refractivity contribution < 1.29 is 9.53 Å². The second-order valence-electron chi connectivity index (χ2n) is 6.23. The Balaban J connectivity index is 1.49. The molecule has 0 saturated carbocycles. The van der Waals surface area contributed by atoms with Crippen molar-refractivity contribution in [2.45, 2.75) is 26.3 Å². The molecule has 0 aliphatic carbocycles. The second-order valence-corrected chi connectivity index (χ2v) is 6.23. The van der Waals surface area contributed by atoms with Crippen molar-refractivity contribution in [3.05, 3.63) is 65.9 Å². The zero-order valence-corrected chi connectivity index (χ0v) is 14.8. The van der Waals surface area contributed by atoms with Gasteiger partial charge in [-0.25, -0.2) is 0 Å². The van der Waals surface area contributed by atoms with Crippen LogP contribution in [0.1, 0.15) is 17.7 Å². The standard InChI is InChI=1S/C21H24N2O2/c1-16-13-18-8-3-4-10-20(18)23(16)12-6-11-22-21(24)15-17-7-5-9-19(14-17)25-2/h3-5,7-10,13-14H,6,11-12,15H2,1-2H3,(H,22,24). The Morgan fingerprint density at radius 2 is 1.96 bits per heavy atom.